The highest BCUT2D eigenvalue weighted by Crippen LogP contribution is 2.22. The standard InChI is InChI=1S/C14H15N3O2S/c1-20-12-9-15-17-14(12)16-13(19)8-7-11(18)10-5-3-2-4-6-10/h2-6,9H,7-8H2,1H3,(H2,15,16,17,19). The van der Waals surface area contributed by atoms with Crippen LogP contribution in [0.25, 0.3) is 0 Å². The predicted octanol–water partition coefficient (Wildman–Crippen LogP) is 2.73. The summed E-state index contributed by atoms with van der Waals surface area (Å²) in [6.07, 6.45) is 3.90. The number of aromatic amines is 1. The minimum Gasteiger partial charge on any atom is -0.310 e. The summed E-state index contributed by atoms with van der Waals surface area (Å²) in [4.78, 5) is 24.5. The average molecular weight is 289 g/mol. The van der Waals surface area contributed by atoms with Gasteiger partial charge in [0.2, 0.25) is 5.91 Å². The molecule has 0 atom stereocenters. The molecule has 2 rings (SSSR count). The molecule has 0 bridgehead atoms. The van der Waals surface area contributed by atoms with Crippen LogP contribution < -0.4 is 5.32 Å². The molecule has 0 aliphatic carbocycles. The van der Waals surface area contributed by atoms with Crippen LogP contribution in [0.2, 0.25) is 0 Å². The van der Waals surface area contributed by atoms with Gasteiger partial charge in [0.1, 0.15) is 5.82 Å². The second-order valence-electron chi connectivity index (χ2n) is 4.15. The number of nitrogens with one attached hydrogen (secondary N) is 2. The Balaban J connectivity index is 1.85. The van der Waals surface area contributed by atoms with Crippen LogP contribution in [0, 0.1) is 0 Å². The van der Waals surface area contributed by atoms with E-state index in [0.717, 1.165) is 4.90 Å². The minimum absolute atomic E-state index is 0.0320. The second-order valence-corrected chi connectivity index (χ2v) is 5.00. The average Bonchev–Trinajstić information content (AvgIpc) is 2.92. The lowest BCUT2D eigenvalue weighted by atomic mass is 10.1. The lowest BCUT2D eigenvalue weighted by Gasteiger charge is -2.04. The van der Waals surface area contributed by atoms with Crippen molar-refractivity contribution in [1.82, 2.24) is 10.2 Å². The van der Waals surface area contributed by atoms with E-state index in [1.54, 1.807) is 18.3 Å². The number of carbonyl (C=O) groups excluding carboxylic acids is 2. The topological polar surface area (TPSA) is 74.8 Å². The summed E-state index contributed by atoms with van der Waals surface area (Å²) in [5.74, 6) is 0.346. The van der Waals surface area contributed by atoms with E-state index < -0.39 is 0 Å². The van der Waals surface area contributed by atoms with Gasteiger partial charge >= 0.3 is 0 Å². The van der Waals surface area contributed by atoms with Gasteiger partial charge in [0.25, 0.3) is 0 Å². The van der Waals surface area contributed by atoms with Crippen LogP contribution >= 0.6 is 11.8 Å². The first-order valence-corrected chi connectivity index (χ1v) is 7.38. The van der Waals surface area contributed by atoms with Crippen molar-refractivity contribution in [2.45, 2.75) is 17.7 Å². The smallest absolute Gasteiger partial charge is 0.225 e. The monoisotopic (exact) mass is 289 g/mol. The van der Waals surface area contributed by atoms with Gasteiger partial charge in [0.15, 0.2) is 5.78 Å². The summed E-state index contributed by atoms with van der Waals surface area (Å²) in [7, 11) is 0. The first-order valence-electron chi connectivity index (χ1n) is 6.16. The Hall–Kier alpha value is -2.08. The maximum Gasteiger partial charge on any atom is 0.225 e. The molecule has 0 saturated carbocycles. The number of amides is 1. The third-order valence-electron chi connectivity index (χ3n) is 2.76. The highest BCUT2D eigenvalue weighted by atomic mass is 32.2. The molecule has 2 N–H and O–H groups in total. The molecule has 0 saturated heterocycles. The Morgan fingerprint density at radius 3 is 2.70 bits per heavy atom. The molecule has 104 valence electrons. The number of anilines is 1. The summed E-state index contributed by atoms with van der Waals surface area (Å²) < 4.78 is 0. The number of benzene rings is 1. The van der Waals surface area contributed by atoms with Gasteiger partial charge in [-0.15, -0.1) is 11.8 Å². The van der Waals surface area contributed by atoms with Crippen molar-refractivity contribution >= 4 is 29.3 Å². The second kappa shape index (κ2) is 6.91. The van der Waals surface area contributed by atoms with Gasteiger partial charge in [0, 0.05) is 18.4 Å². The molecule has 1 heterocycles. The molecule has 0 aliphatic heterocycles. The molecule has 2 aromatic rings. The normalized spacial score (nSPS) is 10.2. The van der Waals surface area contributed by atoms with Crippen LogP contribution in [0.4, 0.5) is 5.82 Å². The first kappa shape index (κ1) is 14.3. The van der Waals surface area contributed by atoms with Crippen molar-refractivity contribution in [2.75, 3.05) is 11.6 Å². The zero-order chi connectivity index (χ0) is 14.4. The number of carbonyl (C=O) groups is 2. The minimum atomic E-state index is -0.200. The fraction of sp³-hybridized carbons (Fsp3) is 0.214. The zero-order valence-corrected chi connectivity index (χ0v) is 11.9. The molecule has 1 amide bonds. The van der Waals surface area contributed by atoms with Crippen molar-refractivity contribution in [1.29, 1.82) is 0 Å². The number of H-pyrrole nitrogens is 1. The van der Waals surface area contributed by atoms with Gasteiger partial charge in [-0.1, -0.05) is 30.3 Å². The van der Waals surface area contributed by atoms with Crippen LogP contribution in [-0.4, -0.2) is 28.1 Å². The highest BCUT2D eigenvalue weighted by molar-refractivity contribution is 7.98. The fourth-order valence-corrected chi connectivity index (χ4v) is 2.18. The van der Waals surface area contributed by atoms with Crippen molar-refractivity contribution in [2.24, 2.45) is 0 Å². The molecule has 1 aromatic carbocycles. The molecule has 0 aliphatic rings. The number of Topliss-reactive ketones (excluding diaryl/α,β-unsaturated/α-hetero) is 1. The lowest BCUT2D eigenvalue weighted by molar-refractivity contribution is -0.116. The fourth-order valence-electron chi connectivity index (χ4n) is 1.72. The lowest BCUT2D eigenvalue weighted by Crippen LogP contribution is -2.14. The van der Waals surface area contributed by atoms with E-state index in [4.69, 9.17) is 0 Å². The van der Waals surface area contributed by atoms with Crippen LogP contribution in [0.15, 0.2) is 41.4 Å². The molecule has 1 aromatic heterocycles. The highest BCUT2D eigenvalue weighted by Gasteiger charge is 2.11. The molecule has 6 heteroatoms. The molecular weight excluding hydrogens is 274 g/mol. The summed E-state index contributed by atoms with van der Waals surface area (Å²) in [5, 5.41) is 9.30. The number of hydrogen-bond acceptors (Lipinski definition) is 4. The summed E-state index contributed by atoms with van der Waals surface area (Å²) in [6, 6.07) is 8.97. The maximum absolute atomic E-state index is 11.9. The number of aromatic nitrogens is 2. The Labute approximate surface area is 121 Å². The molecule has 0 fully saturated rings. The van der Waals surface area contributed by atoms with Crippen LogP contribution in [0.3, 0.4) is 0 Å². The van der Waals surface area contributed by atoms with E-state index in [1.807, 2.05) is 24.5 Å². The van der Waals surface area contributed by atoms with E-state index in [-0.39, 0.29) is 24.5 Å². The molecular formula is C14H15N3O2S. The molecule has 5 nitrogen and oxygen atoms in total. The zero-order valence-electron chi connectivity index (χ0n) is 11.1. The van der Waals surface area contributed by atoms with E-state index >= 15 is 0 Å². The first-order chi connectivity index (χ1) is 9.70. The van der Waals surface area contributed by atoms with E-state index in [0.29, 0.717) is 11.4 Å². The van der Waals surface area contributed by atoms with E-state index in [9.17, 15) is 9.59 Å². The van der Waals surface area contributed by atoms with Crippen molar-refractivity contribution < 1.29 is 9.59 Å². The Morgan fingerprint density at radius 2 is 2.00 bits per heavy atom. The Bertz CT molecular complexity index is 595. The van der Waals surface area contributed by atoms with Gasteiger partial charge in [0.05, 0.1) is 11.1 Å². The predicted molar refractivity (Wildman–Crippen MR) is 79.0 cm³/mol. The number of thioether (sulfide) groups is 1. The van der Waals surface area contributed by atoms with Crippen molar-refractivity contribution in [3.8, 4) is 0 Å². The van der Waals surface area contributed by atoms with Gasteiger partial charge in [-0.2, -0.15) is 5.10 Å². The van der Waals surface area contributed by atoms with E-state index in [1.165, 1.54) is 11.8 Å². The molecule has 0 radical (unpaired) electrons. The van der Waals surface area contributed by atoms with Gasteiger partial charge in [-0.3, -0.25) is 14.7 Å². The van der Waals surface area contributed by atoms with Gasteiger partial charge in [-0.05, 0) is 6.26 Å². The Morgan fingerprint density at radius 1 is 1.25 bits per heavy atom. The molecule has 0 spiro atoms. The van der Waals surface area contributed by atoms with Crippen LogP contribution in [0.1, 0.15) is 23.2 Å². The largest absolute Gasteiger partial charge is 0.310 e. The summed E-state index contributed by atoms with van der Waals surface area (Å²) >= 11 is 1.49. The van der Waals surface area contributed by atoms with Crippen LogP contribution in [-0.2, 0) is 4.79 Å². The summed E-state index contributed by atoms with van der Waals surface area (Å²) in [6.45, 7) is 0. The number of nitrogens with zero attached hydrogens (tertiary/aromatic N) is 1. The quantitative estimate of drug-likeness (QED) is 0.633. The summed E-state index contributed by atoms with van der Waals surface area (Å²) in [5.41, 5.74) is 0.631. The number of rotatable bonds is 6. The molecule has 20 heavy (non-hydrogen) atoms. The van der Waals surface area contributed by atoms with Gasteiger partial charge < -0.3 is 5.32 Å². The number of hydrogen-bond donors (Lipinski definition) is 2. The third kappa shape index (κ3) is 3.71. The van der Waals surface area contributed by atoms with Crippen molar-refractivity contribution in [3.63, 3.8) is 0 Å². The molecule has 0 unspecified atom stereocenters. The maximum atomic E-state index is 11.9. The Kier molecular flexibility index (Phi) is 4.95. The third-order valence-corrected chi connectivity index (χ3v) is 3.51. The van der Waals surface area contributed by atoms with Crippen molar-refractivity contribution in [3.05, 3.63) is 42.1 Å². The number of ketones is 1. The van der Waals surface area contributed by atoms with Gasteiger partial charge in [-0.25, -0.2) is 0 Å². The van der Waals surface area contributed by atoms with E-state index in [2.05, 4.69) is 15.5 Å². The van der Waals surface area contributed by atoms with Crippen LogP contribution in [0.5, 0.6) is 0 Å². The SMILES string of the molecule is CSc1cn[nH]c1NC(=O)CCC(=O)c1ccccc1.